The van der Waals surface area contributed by atoms with Gasteiger partial charge in [0.05, 0.1) is 11.7 Å². The maximum Gasteiger partial charge on any atom is 0.320 e. The molecule has 1 aliphatic heterocycles. The van der Waals surface area contributed by atoms with Crippen molar-refractivity contribution in [1.29, 1.82) is 0 Å². The Balaban J connectivity index is 1.84. The fourth-order valence-corrected chi connectivity index (χ4v) is 2.28. The molecule has 0 unspecified atom stereocenters. The lowest BCUT2D eigenvalue weighted by molar-refractivity contribution is 0.0671. The van der Waals surface area contributed by atoms with E-state index in [1.54, 1.807) is 16.9 Å². The van der Waals surface area contributed by atoms with E-state index in [9.17, 15) is 4.79 Å². The van der Waals surface area contributed by atoms with Crippen LogP contribution in [0, 0.1) is 5.92 Å². The quantitative estimate of drug-likeness (QED) is 0.891. The van der Waals surface area contributed by atoms with Gasteiger partial charge in [0, 0.05) is 25.8 Å². The fraction of sp³-hybridized carbons (Fsp3) is 0.714. The Morgan fingerprint density at radius 1 is 1.45 bits per heavy atom. The average Bonchev–Trinajstić information content (AvgIpc) is 2.86. The van der Waals surface area contributed by atoms with E-state index in [0.29, 0.717) is 18.3 Å². The average molecular weight is 280 g/mol. The molecule has 0 aliphatic carbocycles. The molecule has 1 aromatic heterocycles. The molecule has 0 saturated carbocycles. The highest BCUT2D eigenvalue weighted by atomic mass is 16.5. The summed E-state index contributed by atoms with van der Waals surface area (Å²) in [6, 6.07) is 1.63. The van der Waals surface area contributed by atoms with Crippen molar-refractivity contribution in [3.8, 4) is 0 Å². The summed E-state index contributed by atoms with van der Waals surface area (Å²) in [5.41, 5.74) is -0.160. The molecular weight excluding hydrogens is 256 g/mol. The van der Waals surface area contributed by atoms with Crippen LogP contribution in [0.5, 0.6) is 0 Å². The highest BCUT2D eigenvalue weighted by Crippen LogP contribution is 2.19. The zero-order valence-corrected chi connectivity index (χ0v) is 12.5. The number of ether oxygens (including phenoxy) is 1. The zero-order chi connectivity index (χ0) is 14.6. The van der Waals surface area contributed by atoms with Crippen LogP contribution in [-0.4, -0.2) is 35.6 Å². The Kier molecular flexibility index (Phi) is 4.65. The molecule has 6 nitrogen and oxygen atoms in total. The number of nitrogens with zero attached hydrogens (tertiary/aromatic N) is 2. The number of nitrogens with one attached hydrogen (secondary N) is 2. The van der Waals surface area contributed by atoms with Crippen LogP contribution in [-0.2, 0) is 10.3 Å². The van der Waals surface area contributed by atoms with E-state index in [1.165, 1.54) is 0 Å². The molecule has 0 atom stereocenters. The first-order valence-electron chi connectivity index (χ1n) is 7.14. The van der Waals surface area contributed by atoms with Crippen molar-refractivity contribution in [1.82, 2.24) is 15.1 Å². The van der Waals surface area contributed by atoms with Crippen molar-refractivity contribution in [2.75, 3.05) is 25.1 Å². The minimum absolute atomic E-state index is 0.160. The largest absolute Gasteiger partial charge is 0.381 e. The number of rotatable bonds is 3. The first kappa shape index (κ1) is 14.8. The molecule has 1 saturated heterocycles. The van der Waals surface area contributed by atoms with Gasteiger partial charge in [-0.25, -0.2) is 9.48 Å². The Hall–Kier alpha value is -1.56. The summed E-state index contributed by atoms with van der Waals surface area (Å²) in [5, 5.41) is 10.0. The van der Waals surface area contributed by atoms with Gasteiger partial charge in [-0.1, -0.05) is 0 Å². The van der Waals surface area contributed by atoms with Crippen LogP contribution in [0.15, 0.2) is 12.3 Å². The van der Waals surface area contributed by atoms with Crippen LogP contribution in [0.4, 0.5) is 10.6 Å². The number of amides is 2. The summed E-state index contributed by atoms with van der Waals surface area (Å²) < 4.78 is 7.11. The molecule has 0 spiro atoms. The Morgan fingerprint density at radius 3 is 2.80 bits per heavy atom. The molecule has 20 heavy (non-hydrogen) atoms. The molecule has 6 heteroatoms. The first-order chi connectivity index (χ1) is 9.47. The topological polar surface area (TPSA) is 68.2 Å². The van der Waals surface area contributed by atoms with Crippen LogP contribution < -0.4 is 10.6 Å². The summed E-state index contributed by atoms with van der Waals surface area (Å²) in [6.07, 6.45) is 3.72. The van der Waals surface area contributed by atoms with Crippen LogP contribution in [0.3, 0.4) is 0 Å². The van der Waals surface area contributed by atoms with Crippen molar-refractivity contribution in [3.05, 3.63) is 12.3 Å². The molecule has 0 bridgehead atoms. The molecule has 2 N–H and O–H groups in total. The minimum atomic E-state index is -0.178. The molecule has 2 amide bonds. The molecule has 1 aliphatic rings. The number of urea groups is 1. The molecule has 112 valence electrons. The van der Waals surface area contributed by atoms with Crippen LogP contribution in [0.25, 0.3) is 0 Å². The molecule has 1 fully saturated rings. The summed E-state index contributed by atoms with van der Waals surface area (Å²) in [7, 11) is 0. The second kappa shape index (κ2) is 6.26. The van der Waals surface area contributed by atoms with Gasteiger partial charge in [-0.3, -0.25) is 5.32 Å². The van der Waals surface area contributed by atoms with Crippen LogP contribution >= 0.6 is 0 Å². The molecule has 0 aromatic carbocycles. The Labute approximate surface area is 119 Å². The van der Waals surface area contributed by atoms with Crippen molar-refractivity contribution < 1.29 is 9.53 Å². The van der Waals surface area contributed by atoms with E-state index in [4.69, 9.17) is 4.74 Å². The number of hydrogen-bond acceptors (Lipinski definition) is 3. The maximum atomic E-state index is 11.9. The Bertz CT molecular complexity index is 444. The molecule has 1 aromatic rings. The van der Waals surface area contributed by atoms with Gasteiger partial charge in [-0.05, 0) is 39.5 Å². The third kappa shape index (κ3) is 3.96. The van der Waals surface area contributed by atoms with E-state index in [2.05, 4.69) is 15.7 Å². The van der Waals surface area contributed by atoms with E-state index in [0.717, 1.165) is 26.1 Å². The van der Waals surface area contributed by atoms with E-state index < -0.39 is 0 Å². The lowest BCUT2D eigenvalue weighted by Crippen LogP contribution is -2.36. The molecular formula is C14H24N4O2. The van der Waals surface area contributed by atoms with Crippen molar-refractivity contribution in [2.45, 2.75) is 39.2 Å². The number of anilines is 1. The van der Waals surface area contributed by atoms with Crippen LogP contribution in [0.1, 0.15) is 33.6 Å². The lowest BCUT2D eigenvalue weighted by atomic mass is 10.0. The maximum absolute atomic E-state index is 11.9. The highest BCUT2D eigenvalue weighted by Gasteiger charge is 2.19. The van der Waals surface area contributed by atoms with Gasteiger partial charge in [0.2, 0.25) is 0 Å². The standard InChI is InChI=1S/C14H24N4O2/c1-14(2,3)18-12(4-7-16-18)17-13(19)15-10-11-5-8-20-9-6-11/h4,7,11H,5-6,8-10H2,1-3H3,(H2,15,17,19). The SMILES string of the molecule is CC(C)(C)n1nccc1NC(=O)NCC1CCOCC1. The summed E-state index contributed by atoms with van der Waals surface area (Å²) in [5.74, 6) is 1.23. The third-order valence-corrected chi connectivity index (χ3v) is 3.41. The Morgan fingerprint density at radius 2 is 2.15 bits per heavy atom. The van der Waals surface area contributed by atoms with Crippen molar-refractivity contribution in [3.63, 3.8) is 0 Å². The monoisotopic (exact) mass is 280 g/mol. The van der Waals surface area contributed by atoms with E-state index in [1.807, 2.05) is 20.8 Å². The molecule has 2 rings (SSSR count). The third-order valence-electron chi connectivity index (χ3n) is 3.41. The number of aromatic nitrogens is 2. The van der Waals surface area contributed by atoms with E-state index >= 15 is 0 Å². The predicted molar refractivity (Wildman–Crippen MR) is 77.8 cm³/mol. The second-order valence-electron chi connectivity index (χ2n) is 6.19. The smallest absolute Gasteiger partial charge is 0.320 e. The first-order valence-corrected chi connectivity index (χ1v) is 7.14. The number of hydrogen-bond donors (Lipinski definition) is 2. The highest BCUT2D eigenvalue weighted by molar-refractivity contribution is 5.88. The number of carbonyl (C=O) groups is 1. The summed E-state index contributed by atoms with van der Waals surface area (Å²) in [6.45, 7) is 8.43. The van der Waals surface area contributed by atoms with Gasteiger partial charge in [-0.15, -0.1) is 0 Å². The minimum Gasteiger partial charge on any atom is -0.381 e. The lowest BCUT2D eigenvalue weighted by Gasteiger charge is -2.24. The second-order valence-corrected chi connectivity index (χ2v) is 6.19. The van der Waals surface area contributed by atoms with Crippen molar-refractivity contribution in [2.24, 2.45) is 5.92 Å². The van der Waals surface area contributed by atoms with Gasteiger partial charge >= 0.3 is 6.03 Å². The van der Waals surface area contributed by atoms with Gasteiger partial charge in [0.1, 0.15) is 5.82 Å². The van der Waals surface area contributed by atoms with Crippen molar-refractivity contribution >= 4 is 11.8 Å². The van der Waals surface area contributed by atoms with Gasteiger partial charge in [0.25, 0.3) is 0 Å². The normalized spacial score (nSPS) is 16.9. The molecule has 2 heterocycles. The fourth-order valence-electron chi connectivity index (χ4n) is 2.28. The van der Waals surface area contributed by atoms with E-state index in [-0.39, 0.29) is 11.6 Å². The predicted octanol–water partition coefficient (Wildman–Crippen LogP) is 2.19. The van der Waals surface area contributed by atoms with Gasteiger partial charge in [-0.2, -0.15) is 5.10 Å². The van der Waals surface area contributed by atoms with Crippen LogP contribution in [0.2, 0.25) is 0 Å². The van der Waals surface area contributed by atoms with Gasteiger partial charge < -0.3 is 10.1 Å². The molecule has 0 radical (unpaired) electrons. The summed E-state index contributed by atoms with van der Waals surface area (Å²) in [4.78, 5) is 11.9. The zero-order valence-electron chi connectivity index (χ0n) is 12.5. The number of carbonyl (C=O) groups excluding carboxylic acids is 1. The van der Waals surface area contributed by atoms with Gasteiger partial charge in [0.15, 0.2) is 0 Å². The summed E-state index contributed by atoms with van der Waals surface area (Å²) >= 11 is 0.